The SMILES string of the molecule is CN(C)CC(NC(=O)NCc1ccc(-n2ccnc2)cc1)c1ccccc1. The number of aromatic nitrogens is 2. The molecule has 2 aromatic carbocycles. The fraction of sp³-hybridized carbons (Fsp3) is 0.238. The maximum absolute atomic E-state index is 12.4. The van der Waals surface area contributed by atoms with Gasteiger partial charge in [-0.1, -0.05) is 42.5 Å². The zero-order chi connectivity index (χ0) is 19.1. The minimum atomic E-state index is -0.176. The van der Waals surface area contributed by atoms with E-state index in [9.17, 15) is 4.79 Å². The third-order valence-electron chi connectivity index (χ3n) is 4.25. The summed E-state index contributed by atoms with van der Waals surface area (Å²) < 4.78 is 1.94. The molecule has 2 N–H and O–H groups in total. The van der Waals surface area contributed by atoms with Crippen LogP contribution in [0.1, 0.15) is 17.2 Å². The first kappa shape index (κ1) is 18.7. The van der Waals surface area contributed by atoms with Crippen LogP contribution < -0.4 is 10.6 Å². The molecule has 27 heavy (non-hydrogen) atoms. The van der Waals surface area contributed by atoms with Gasteiger partial charge in [0.25, 0.3) is 0 Å². The molecule has 140 valence electrons. The molecule has 6 nitrogen and oxygen atoms in total. The number of benzene rings is 2. The largest absolute Gasteiger partial charge is 0.334 e. The van der Waals surface area contributed by atoms with Gasteiger partial charge in [0.2, 0.25) is 0 Å². The topological polar surface area (TPSA) is 62.2 Å². The fourth-order valence-electron chi connectivity index (χ4n) is 2.87. The highest BCUT2D eigenvalue weighted by Gasteiger charge is 2.15. The number of carbonyl (C=O) groups is 1. The van der Waals surface area contributed by atoms with Crippen molar-refractivity contribution in [2.24, 2.45) is 0 Å². The molecular formula is C21H25N5O. The molecule has 0 bridgehead atoms. The summed E-state index contributed by atoms with van der Waals surface area (Å²) in [5.74, 6) is 0. The van der Waals surface area contributed by atoms with Crippen molar-refractivity contribution in [3.8, 4) is 5.69 Å². The lowest BCUT2D eigenvalue weighted by Crippen LogP contribution is -2.41. The Morgan fingerprint density at radius 3 is 2.48 bits per heavy atom. The van der Waals surface area contributed by atoms with Crippen molar-refractivity contribution in [1.29, 1.82) is 0 Å². The summed E-state index contributed by atoms with van der Waals surface area (Å²) in [5.41, 5.74) is 3.17. The number of hydrogen-bond donors (Lipinski definition) is 2. The number of rotatable bonds is 7. The number of urea groups is 1. The second-order valence-electron chi connectivity index (χ2n) is 6.69. The molecule has 0 aliphatic carbocycles. The number of hydrogen-bond acceptors (Lipinski definition) is 3. The zero-order valence-corrected chi connectivity index (χ0v) is 15.7. The Bertz CT molecular complexity index is 829. The van der Waals surface area contributed by atoms with Crippen molar-refractivity contribution in [2.45, 2.75) is 12.6 Å². The Hall–Kier alpha value is -3.12. The molecule has 1 heterocycles. The van der Waals surface area contributed by atoms with Gasteiger partial charge in [-0.25, -0.2) is 9.78 Å². The Balaban J connectivity index is 1.56. The molecule has 0 fully saturated rings. The van der Waals surface area contributed by atoms with Crippen LogP contribution in [0.2, 0.25) is 0 Å². The second kappa shape index (κ2) is 9.00. The Labute approximate surface area is 159 Å². The second-order valence-corrected chi connectivity index (χ2v) is 6.69. The number of amides is 2. The first-order valence-corrected chi connectivity index (χ1v) is 8.93. The van der Waals surface area contributed by atoms with E-state index >= 15 is 0 Å². The zero-order valence-electron chi connectivity index (χ0n) is 15.7. The average molecular weight is 363 g/mol. The highest BCUT2D eigenvalue weighted by Crippen LogP contribution is 2.13. The van der Waals surface area contributed by atoms with Crippen molar-refractivity contribution in [3.63, 3.8) is 0 Å². The molecule has 3 rings (SSSR count). The summed E-state index contributed by atoms with van der Waals surface area (Å²) in [4.78, 5) is 18.5. The number of nitrogens with one attached hydrogen (secondary N) is 2. The van der Waals surface area contributed by atoms with E-state index in [1.165, 1.54) is 0 Å². The van der Waals surface area contributed by atoms with Crippen molar-refractivity contribution in [1.82, 2.24) is 25.1 Å². The molecule has 2 amide bonds. The Morgan fingerprint density at radius 1 is 1.11 bits per heavy atom. The van der Waals surface area contributed by atoms with E-state index in [4.69, 9.17) is 0 Å². The van der Waals surface area contributed by atoms with Crippen LogP contribution in [0.5, 0.6) is 0 Å². The highest BCUT2D eigenvalue weighted by atomic mass is 16.2. The molecule has 0 radical (unpaired) electrons. The van der Waals surface area contributed by atoms with Gasteiger partial charge in [0.1, 0.15) is 0 Å². The van der Waals surface area contributed by atoms with Gasteiger partial charge in [0, 0.05) is 31.2 Å². The van der Waals surface area contributed by atoms with Crippen molar-refractivity contribution in [3.05, 3.63) is 84.4 Å². The van der Waals surface area contributed by atoms with Gasteiger partial charge in [-0.15, -0.1) is 0 Å². The van der Waals surface area contributed by atoms with E-state index in [2.05, 4.69) is 20.5 Å². The van der Waals surface area contributed by atoms with Gasteiger partial charge in [0.15, 0.2) is 0 Å². The van der Waals surface area contributed by atoms with Gasteiger partial charge in [-0.05, 0) is 37.4 Å². The third kappa shape index (κ3) is 5.43. The maximum atomic E-state index is 12.4. The smallest absolute Gasteiger partial charge is 0.315 e. The minimum Gasteiger partial charge on any atom is -0.334 e. The predicted octanol–water partition coefficient (Wildman–Crippen LogP) is 2.97. The number of nitrogens with zero attached hydrogens (tertiary/aromatic N) is 3. The summed E-state index contributed by atoms with van der Waals surface area (Å²) in [6, 6.07) is 17.8. The van der Waals surface area contributed by atoms with Crippen LogP contribution >= 0.6 is 0 Å². The maximum Gasteiger partial charge on any atom is 0.315 e. The van der Waals surface area contributed by atoms with Crippen LogP contribution in [0, 0.1) is 0 Å². The molecule has 3 aromatic rings. The van der Waals surface area contributed by atoms with E-state index in [1.807, 2.05) is 79.5 Å². The molecule has 0 aliphatic rings. The number of likely N-dealkylation sites (N-methyl/N-ethyl adjacent to an activating group) is 1. The number of imidazole rings is 1. The van der Waals surface area contributed by atoms with Crippen LogP contribution in [-0.4, -0.2) is 41.1 Å². The molecule has 0 aliphatic heterocycles. The fourth-order valence-corrected chi connectivity index (χ4v) is 2.87. The normalized spacial score (nSPS) is 12.0. The van der Waals surface area contributed by atoms with Crippen LogP contribution in [0.15, 0.2) is 73.3 Å². The van der Waals surface area contributed by atoms with Gasteiger partial charge in [0.05, 0.1) is 12.4 Å². The molecule has 1 atom stereocenters. The highest BCUT2D eigenvalue weighted by molar-refractivity contribution is 5.74. The summed E-state index contributed by atoms with van der Waals surface area (Å²) in [6.45, 7) is 1.20. The summed E-state index contributed by atoms with van der Waals surface area (Å²) >= 11 is 0. The third-order valence-corrected chi connectivity index (χ3v) is 4.25. The standard InChI is InChI=1S/C21H25N5O/c1-25(2)15-20(18-6-4-3-5-7-18)24-21(27)23-14-17-8-10-19(11-9-17)26-13-12-22-16-26/h3-13,16,20H,14-15H2,1-2H3,(H2,23,24,27). The summed E-state index contributed by atoms with van der Waals surface area (Å²) in [6.07, 6.45) is 5.40. The van der Waals surface area contributed by atoms with Crippen LogP contribution in [0.3, 0.4) is 0 Å². The van der Waals surface area contributed by atoms with E-state index in [0.29, 0.717) is 6.54 Å². The van der Waals surface area contributed by atoms with E-state index in [1.54, 1.807) is 12.5 Å². The van der Waals surface area contributed by atoms with E-state index in [0.717, 1.165) is 23.4 Å². The van der Waals surface area contributed by atoms with Crippen LogP contribution in [0.4, 0.5) is 4.79 Å². The predicted molar refractivity (Wildman–Crippen MR) is 107 cm³/mol. The summed E-state index contributed by atoms with van der Waals surface area (Å²) in [5, 5.41) is 6.00. The van der Waals surface area contributed by atoms with Crippen molar-refractivity contribution < 1.29 is 4.79 Å². The monoisotopic (exact) mass is 363 g/mol. The van der Waals surface area contributed by atoms with E-state index < -0.39 is 0 Å². The molecule has 0 spiro atoms. The molecule has 1 aromatic heterocycles. The Morgan fingerprint density at radius 2 is 1.85 bits per heavy atom. The van der Waals surface area contributed by atoms with Crippen molar-refractivity contribution >= 4 is 6.03 Å². The van der Waals surface area contributed by atoms with Gasteiger partial charge < -0.3 is 20.1 Å². The first-order chi connectivity index (χ1) is 13.1. The molecular weight excluding hydrogens is 338 g/mol. The number of carbonyl (C=O) groups excluding carboxylic acids is 1. The molecule has 6 heteroatoms. The van der Waals surface area contributed by atoms with E-state index in [-0.39, 0.29) is 12.1 Å². The first-order valence-electron chi connectivity index (χ1n) is 8.93. The lowest BCUT2D eigenvalue weighted by Gasteiger charge is -2.23. The quantitative estimate of drug-likeness (QED) is 0.678. The lowest BCUT2D eigenvalue weighted by atomic mass is 10.1. The molecule has 0 saturated heterocycles. The van der Waals surface area contributed by atoms with Crippen LogP contribution in [0.25, 0.3) is 5.69 Å². The van der Waals surface area contributed by atoms with Gasteiger partial charge >= 0.3 is 6.03 Å². The van der Waals surface area contributed by atoms with Gasteiger partial charge in [-0.2, -0.15) is 0 Å². The lowest BCUT2D eigenvalue weighted by molar-refractivity contribution is 0.232. The van der Waals surface area contributed by atoms with Gasteiger partial charge in [-0.3, -0.25) is 0 Å². The Kier molecular flexibility index (Phi) is 6.22. The van der Waals surface area contributed by atoms with Crippen molar-refractivity contribution in [2.75, 3.05) is 20.6 Å². The summed E-state index contributed by atoms with van der Waals surface area (Å²) in [7, 11) is 3.99. The average Bonchev–Trinajstić information content (AvgIpc) is 3.21. The minimum absolute atomic E-state index is 0.0650. The molecule has 0 saturated carbocycles. The van der Waals surface area contributed by atoms with Crippen LogP contribution in [-0.2, 0) is 6.54 Å². The molecule has 1 unspecified atom stereocenters.